The van der Waals surface area contributed by atoms with Gasteiger partial charge in [-0.1, -0.05) is 30.3 Å². The van der Waals surface area contributed by atoms with Crippen LogP contribution in [-0.2, 0) is 11.2 Å². The van der Waals surface area contributed by atoms with E-state index in [1.54, 1.807) is 13.3 Å². The first-order chi connectivity index (χ1) is 11.8. The first-order valence-electron chi connectivity index (χ1n) is 8.05. The zero-order valence-electron chi connectivity index (χ0n) is 13.7. The minimum absolute atomic E-state index is 0.127. The third-order valence-electron chi connectivity index (χ3n) is 4.07. The summed E-state index contributed by atoms with van der Waals surface area (Å²) in [5.74, 6) is 0.596. The van der Waals surface area contributed by atoms with Crippen molar-refractivity contribution in [3.63, 3.8) is 0 Å². The van der Waals surface area contributed by atoms with Gasteiger partial charge in [0.05, 0.1) is 19.9 Å². The van der Waals surface area contributed by atoms with Crippen LogP contribution in [0.15, 0.2) is 53.6 Å². The molecule has 0 saturated carbocycles. The largest absolute Gasteiger partial charge is 0.496 e. The van der Waals surface area contributed by atoms with Crippen LogP contribution in [0.2, 0.25) is 0 Å². The van der Waals surface area contributed by atoms with Crippen molar-refractivity contribution in [2.45, 2.75) is 12.8 Å². The number of para-hydroxylation sites is 2. The molecule has 1 amide bonds. The highest BCUT2D eigenvalue weighted by atomic mass is 16.5. The van der Waals surface area contributed by atoms with E-state index in [0.29, 0.717) is 6.54 Å². The third kappa shape index (κ3) is 3.74. The van der Waals surface area contributed by atoms with Gasteiger partial charge in [-0.3, -0.25) is 4.79 Å². The summed E-state index contributed by atoms with van der Waals surface area (Å²) in [5, 5.41) is 4.04. The fourth-order valence-corrected chi connectivity index (χ4v) is 2.93. The summed E-state index contributed by atoms with van der Waals surface area (Å²) in [5.41, 5.74) is 5.86. The molecule has 3 rings (SSSR count). The highest BCUT2D eigenvalue weighted by Crippen LogP contribution is 2.26. The molecule has 1 aliphatic heterocycles. The lowest BCUT2D eigenvalue weighted by Crippen LogP contribution is -2.38. The molecule has 0 bridgehead atoms. The van der Waals surface area contributed by atoms with Crippen molar-refractivity contribution in [2.75, 3.05) is 25.1 Å². The maximum atomic E-state index is 12.2. The second-order valence-corrected chi connectivity index (χ2v) is 5.69. The van der Waals surface area contributed by atoms with Crippen LogP contribution in [-0.4, -0.2) is 32.3 Å². The molecule has 0 aromatic heterocycles. The number of hydrogen-bond donors (Lipinski definition) is 1. The number of rotatable bonds is 5. The van der Waals surface area contributed by atoms with Gasteiger partial charge in [0.25, 0.3) is 5.91 Å². The van der Waals surface area contributed by atoms with Gasteiger partial charge in [-0.05, 0) is 36.6 Å². The van der Waals surface area contributed by atoms with Crippen LogP contribution in [0.1, 0.15) is 17.5 Å². The van der Waals surface area contributed by atoms with E-state index in [-0.39, 0.29) is 5.91 Å². The molecule has 0 aliphatic carbocycles. The Labute approximate surface area is 141 Å². The van der Waals surface area contributed by atoms with E-state index < -0.39 is 0 Å². The number of nitrogens with zero attached hydrogens (tertiary/aromatic N) is 2. The fraction of sp³-hybridized carbons (Fsp3) is 0.263. The van der Waals surface area contributed by atoms with E-state index in [4.69, 9.17) is 4.74 Å². The number of ether oxygens (including phenoxy) is 1. The summed E-state index contributed by atoms with van der Waals surface area (Å²) < 4.78 is 5.25. The normalized spacial score (nSPS) is 13.6. The zero-order chi connectivity index (χ0) is 16.8. The van der Waals surface area contributed by atoms with Gasteiger partial charge in [-0.25, -0.2) is 5.43 Å². The second-order valence-electron chi connectivity index (χ2n) is 5.69. The van der Waals surface area contributed by atoms with Crippen LogP contribution in [0, 0.1) is 0 Å². The smallest absolute Gasteiger partial charge is 0.259 e. The van der Waals surface area contributed by atoms with E-state index in [9.17, 15) is 4.79 Å². The number of methoxy groups -OCH3 is 1. The minimum atomic E-state index is -0.127. The van der Waals surface area contributed by atoms with Crippen molar-refractivity contribution >= 4 is 17.8 Å². The Morgan fingerprint density at radius 2 is 2.04 bits per heavy atom. The predicted octanol–water partition coefficient (Wildman–Crippen LogP) is 2.60. The molecule has 2 aromatic rings. The van der Waals surface area contributed by atoms with Crippen LogP contribution >= 0.6 is 0 Å². The first kappa shape index (κ1) is 16.1. The van der Waals surface area contributed by atoms with Gasteiger partial charge in [0.2, 0.25) is 0 Å². The Bertz CT molecular complexity index is 743. The maximum Gasteiger partial charge on any atom is 0.259 e. The number of nitrogens with one attached hydrogen (secondary N) is 1. The SMILES string of the molecule is COc1ccccc1/C=N\NC(=O)CN1CCCc2ccccc21. The molecular formula is C19H21N3O2. The summed E-state index contributed by atoms with van der Waals surface area (Å²) in [7, 11) is 1.61. The number of benzene rings is 2. The highest BCUT2D eigenvalue weighted by Gasteiger charge is 2.18. The third-order valence-corrected chi connectivity index (χ3v) is 4.07. The Balaban J connectivity index is 1.60. The lowest BCUT2D eigenvalue weighted by Gasteiger charge is -2.30. The number of fused-ring (bicyclic) bond motifs is 1. The quantitative estimate of drug-likeness (QED) is 0.680. The summed E-state index contributed by atoms with van der Waals surface area (Å²) in [6, 6.07) is 15.8. The summed E-state index contributed by atoms with van der Waals surface area (Å²) >= 11 is 0. The Kier molecular flexibility index (Phi) is 5.11. The van der Waals surface area contributed by atoms with Crippen LogP contribution in [0.5, 0.6) is 5.75 Å². The number of carbonyl (C=O) groups is 1. The second kappa shape index (κ2) is 7.64. The van der Waals surface area contributed by atoms with Crippen molar-refractivity contribution in [3.8, 4) is 5.75 Å². The average molecular weight is 323 g/mol. The van der Waals surface area contributed by atoms with E-state index in [2.05, 4.69) is 27.6 Å². The Morgan fingerprint density at radius 3 is 2.92 bits per heavy atom. The van der Waals surface area contributed by atoms with Crippen molar-refractivity contribution in [2.24, 2.45) is 5.10 Å². The average Bonchev–Trinajstić information content (AvgIpc) is 2.62. The van der Waals surface area contributed by atoms with Gasteiger partial charge in [-0.15, -0.1) is 0 Å². The topological polar surface area (TPSA) is 53.9 Å². The molecule has 1 heterocycles. The molecule has 5 heteroatoms. The van der Waals surface area contributed by atoms with E-state index in [1.165, 1.54) is 5.56 Å². The van der Waals surface area contributed by atoms with Gasteiger partial charge >= 0.3 is 0 Å². The molecule has 0 atom stereocenters. The van der Waals surface area contributed by atoms with Crippen LogP contribution < -0.4 is 15.1 Å². The summed E-state index contributed by atoms with van der Waals surface area (Å²) in [6.07, 6.45) is 3.73. The fourth-order valence-electron chi connectivity index (χ4n) is 2.93. The lowest BCUT2D eigenvalue weighted by molar-refractivity contribution is -0.119. The Morgan fingerprint density at radius 1 is 1.25 bits per heavy atom. The van der Waals surface area contributed by atoms with Crippen LogP contribution in [0.3, 0.4) is 0 Å². The molecule has 0 radical (unpaired) electrons. The summed E-state index contributed by atoms with van der Waals surface area (Å²) in [6.45, 7) is 1.20. The zero-order valence-corrected chi connectivity index (χ0v) is 13.7. The predicted molar refractivity (Wildman–Crippen MR) is 95.7 cm³/mol. The molecule has 0 saturated heterocycles. The monoisotopic (exact) mass is 323 g/mol. The van der Waals surface area contributed by atoms with Crippen molar-refractivity contribution in [1.29, 1.82) is 0 Å². The van der Waals surface area contributed by atoms with Gasteiger partial charge in [0.1, 0.15) is 5.75 Å². The van der Waals surface area contributed by atoms with Crippen molar-refractivity contribution in [1.82, 2.24) is 5.43 Å². The molecule has 1 N–H and O–H groups in total. The Hall–Kier alpha value is -2.82. The molecule has 5 nitrogen and oxygen atoms in total. The molecule has 124 valence electrons. The summed E-state index contributed by atoms with van der Waals surface area (Å²) in [4.78, 5) is 14.3. The molecule has 0 fully saturated rings. The number of aryl methyl sites for hydroxylation is 1. The van der Waals surface area contributed by atoms with Crippen molar-refractivity contribution in [3.05, 3.63) is 59.7 Å². The van der Waals surface area contributed by atoms with Crippen molar-refractivity contribution < 1.29 is 9.53 Å². The first-order valence-corrected chi connectivity index (χ1v) is 8.05. The maximum absolute atomic E-state index is 12.2. The molecule has 0 unspecified atom stereocenters. The van der Waals surface area contributed by atoms with Gasteiger partial charge in [0.15, 0.2) is 0 Å². The molecular weight excluding hydrogens is 302 g/mol. The number of anilines is 1. The van der Waals surface area contributed by atoms with Gasteiger partial charge < -0.3 is 9.64 Å². The minimum Gasteiger partial charge on any atom is -0.496 e. The number of amides is 1. The number of hydrogen-bond acceptors (Lipinski definition) is 4. The molecule has 2 aromatic carbocycles. The van der Waals surface area contributed by atoms with Crippen LogP contribution in [0.25, 0.3) is 0 Å². The standard InChI is InChI=1S/C19H21N3O2/c1-24-18-11-5-3-8-16(18)13-20-21-19(23)14-22-12-6-9-15-7-2-4-10-17(15)22/h2-5,7-8,10-11,13H,6,9,12,14H2,1H3,(H,21,23)/b20-13-. The number of carbonyl (C=O) groups excluding carboxylic acids is 1. The van der Waals surface area contributed by atoms with Gasteiger partial charge in [-0.2, -0.15) is 5.10 Å². The van der Waals surface area contributed by atoms with E-state index in [0.717, 1.165) is 36.4 Å². The van der Waals surface area contributed by atoms with E-state index in [1.807, 2.05) is 36.4 Å². The molecule has 0 spiro atoms. The van der Waals surface area contributed by atoms with Gasteiger partial charge in [0, 0.05) is 17.8 Å². The lowest BCUT2D eigenvalue weighted by atomic mass is 10.0. The van der Waals surface area contributed by atoms with Crippen LogP contribution in [0.4, 0.5) is 5.69 Å². The highest BCUT2D eigenvalue weighted by molar-refractivity contribution is 5.86. The molecule has 24 heavy (non-hydrogen) atoms. The molecule has 1 aliphatic rings. The number of hydrazone groups is 1. The van der Waals surface area contributed by atoms with E-state index >= 15 is 0 Å².